The highest BCUT2D eigenvalue weighted by atomic mass is 32.1. The van der Waals surface area contributed by atoms with Crippen LogP contribution >= 0.6 is 11.3 Å². The summed E-state index contributed by atoms with van der Waals surface area (Å²) >= 11 is 1.50. The number of anilines is 1. The Labute approximate surface area is 179 Å². The molecule has 0 unspecified atom stereocenters. The fourth-order valence-electron chi connectivity index (χ4n) is 3.41. The molecular formula is C22H25N3O4S. The van der Waals surface area contributed by atoms with E-state index in [9.17, 15) is 14.4 Å². The van der Waals surface area contributed by atoms with Crippen LogP contribution in [-0.2, 0) is 22.4 Å². The van der Waals surface area contributed by atoms with E-state index in [1.807, 2.05) is 6.07 Å². The lowest BCUT2D eigenvalue weighted by Gasteiger charge is -2.10. The highest BCUT2D eigenvalue weighted by molar-refractivity contribution is 7.14. The third kappa shape index (κ3) is 5.38. The number of hydrazine groups is 1. The number of carbonyl (C=O) groups is 3. The van der Waals surface area contributed by atoms with Gasteiger partial charge in [0.25, 0.3) is 11.8 Å². The second-order valence-corrected chi connectivity index (χ2v) is 8.84. The predicted molar refractivity (Wildman–Crippen MR) is 114 cm³/mol. The molecule has 1 saturated carbocycles. The van der Waals surface area contributed by atoms with Crippen molar-refractivity contribution in [3.8, 4) is 5.75 Å². The van der Waals surface area contributed by atoms with Crippen LogP contribution in [0, 0.1) is 5.92 Å². The topological polar surface area (TPSA) is 96.5 Å². The van der Waals surface area contributed by atoms with Gasteiger partial charge in [-0.25, -0.2) is 0 Å². The summed E-state index contributed by atoms with van der Waals surface area (Å²) in [5, 5.41) is 2.84. The van der Waals surface area contributed by atoms with E-state index in [1.165, 1.54) is 28.2 Å². The minimum Gasteiger partial charge on any atom is -0.484 e. The summed E-state index contributed by atoms with van der Waals surface area (Å²) < 4.78 is 5.47. The van der Waals surface area contributed by atoms with Crippen molar-refractivity contribution in [1.82, 2.24) is 10.9 Å². The molecule has 7 nitrogen and oxygen atoms in total. The standard InChI is InChI=1S/C22H25N3O4S/c26-20(13-29-17-7-4-6-16(12-17)23-21(27)14-9-10-14)24-25-22(28)19-11-15-5-2-1-3-8-18(15)30-19/h4,6-7,11-12,14H,1-3,5,8-10,13H2,(H,23,27)(H,24,26)(H,25,28). The van der Waals surface area contributed by atoms with E-state index in [-0.39, 0.29) is 24.3 Å². The van der Waals surface area contributed by atoms with Crippen molar-refractivity contribution in [2.45, 2.75) is 44.9 Å². The predicted octanol–water partition coefficient (Wildman–Crippen LogP) is 3.21. The summed E-state index contributed by atoms with van der Waals surface area (Å²) in [5.41, 5.74) is 6.73. The Morgan fingerprint density at radius 1 is 1.03 bits per heavy atom. The molecule has 1 aromatic heterocycles. The number of hydrogen-bond donors (Lipinski definition) is 3. The molecule has 0 aliphatic heterocycles. The quantitative estimate of drug-likeness (QED) is 0.487. The van der Waals surface area contributed by atoms with Crippen LogP contribution in [0.15, 0.2) is 30.3 Å². The first-order valence-corrected chi connectivity index (χ1v) is 11.1. The number of ether oxygens (including phenoxy) is 1. The Bertz CT molecular complexity index is 928. The van der Waals surface area contributed by atoms with Crippen molar-refractivity contribution in [3.63, 3.8) is 0 Å². The smallest absolute Gasteiger partial charge is 0.279 e. The summed E-state index contributed by atoms with van der Waals surface area (Å²) in [6, 6.07) is 8.83. The number of amides is 3. The van der Waals surface area contributed by atoms with Gasteiger partial charge in [-0.05, 0) is 62.3 Å². The fraction of sp³-hybridized carbons (Fsp3) is 0.409. The van der Waals surface area contributed by atoms with E-state index >= 15 is 0 Å². The average molecular weight is 428 g/mol. The number of aryl methyl sites for hydroxylation is 2. The minimum atomic E-state index is -0.464. The van der Waals surface area contributed by atoms with E-state index < -0.39 is 5.91 Å². The summed E-state index contributed by atoms with van der Waals surface area (Å²) in [7, 11) is 0. The van der Waals surface area contributed by atoms with E-state index in [0.29, 0.717) is 16.3 Å². The van der Waals surface area contributed by atoms with Crippen LogP contribution in [0.2, 0.25) is 0 Å². The Morgan fingerprint density at radius 2 is 1.87 bits per heavy atom. The van der Waals surface area contributed by atoms with Gasteiger partial charge >= 0.3 is 0 Å². The Balaban J connectivity index is 1.23. The van der Waals surface area contributed by atoms with Crippen molar-refractivity contribution < 1.29 is 19.1 Å². The summed E-state index contributed by atoms with van der Waals surface area (Å²) in [6.45, 7) is -0.249. The SMILES string of the molecule is O=C(COc1cccc(NC(=O)C2CC2)c1)NNC(=O)c1cc2c(s1)CCCCC2. The molecule has 3 N–H and O–H groups in total. The molecule has 0 saturated heterocycles. The highest BCUT2D eigenvalue weighted by Crippen LogP contribution is 2.31. The number of hydrogen-bond acceptors (Lipinski definition) is 5. The first kappa shape index (κ1) is 20.4. The zero-order valence-corrected chi connectivity index (χ0v) is 17.5. The normalized spacial score (nSPS) is 15.5. The van der Waals surface area contributed by atoms with Crippen molar-refractivity contribution in [3.05, 3.63) is 45.6 Å². The van der Waals surface area contributed by atoms with Crippen LogP contribution in [0.3, 0.4) is 0 Å². The van der Waals surface area contributed by atoms with Crippen LogP contribution in [0.25, 0.3) is 0 Å². The zero-order chi connectivity index (χ0) is 20.9. The van der Waals surface area contributed by atoms with Gasteiger partial charge in [-0.3, -0.25) is 25.2 Å². The highest BCUT2D eigenvalue weighted by Gasteiger charge is 2.29. The summed E-state index contributed by atoms with van der Waals surface area (Å²) in [4.78, 5) is 38.1. The number of benzene rings is 1. The van der Waals surface area contributed by atoms with Crippen LogP contribution < -0.4 is 20.9 Å². The summed E-state index contributed by atoms with van der Waals surface area (Å²) in [6.07, 6.45) is 7.45. The van der Waals surface area contributed by atoms with Gasteiger partial charge in [0.05, 0.1) is 4.88 Å². The molecule has 30 heavy (non-hydrogen) atoms. The fourth-order valence-corrected chi connectivity index (χ4v) is 4.55. The molecule has 1 aromatic carbocycles. The first-order valence-electron chi connectivity index (χ1n) is 10.3. The van der Waals surface area contributed by atoms with Gasteiger partial charge in [-0.1, -0.05) is 12.5 Å². The van der Waals surface area contributed by atoms with E-state index in [2.05, 4.69) is 16.2 Å². The molecule has 158 valence electrons. The molecule has 0 spiro atoms. The lowest BCUT2D eigenvalue weighted by molar-refractivity contribution is -0.123. The second-order valence-electron chi connectivity index (χ2n) is 7.70. The largest absolute Gasteiger partial charge is 0.484 e. The molecule has 1 fully saturated rings. The monoisotopic (exact) mass is 427 g/mol. The van der Waals surface area contributed by atoms with E-state index in [0.717, 1.165) is 38.5 Å². The number of rotatable bonds is 6. The molecule has 2 aliphatic rings. The zero-order valence-electron chi connectivity index (χ0n) is 16.7. The van der Waals surface area contributed by atoms with Crippen molar-refractivity contribution >= 4 is 34.7 Å². The summed E-state index contributed by atoms with van der Waals surface area (Å²) in [5.74, 6) is -0.187. The number of fused-ring (bicyclic) bond motifs is 1. The van der Waals surface area contributed by atoms with Crippen LogP contribution in [0.5, 0.6) is 5.75 Å². The molecule has 0 bridgehead atoms. The van der Waals surface area contributed by atoms with Gasteiger partial charge < -0.3 is 10.1 Å². The number of carbonyl (C=O) groups excluding carboxylic acids is 3. The van der Waals surface area contributed by atoms with E-state index in [1.54, 1.807) is 24.3 Å². The lowest BCUT2D eigenvalue weighted by atomic mass is 10.1. The lowest BCUT2D eigenvalue weighted by Crippen LogP contribution is -2.43. The maximum absolute atomic E-state index is 12.3. The van der Waals surface area contributed by atoms with Crippen molar-refractivity contribution in [2.24, 2.45) is 5.92 Å². The molecule has 1 heterocycles. The third-order valence-corrected chi connectivity index (χ3v) is 6.44. The van der Waals surface area contributed by atoms with Crippen molar-refractivity contribution in [1.29, 1.82) is 0 Å². The molecule has 0 radical (unpaired) electrons. The minimum absolute atomic E-state index is 0.0125. The molecule has 2 aromatic rings. The maximum Gasteiger partial charge on any atom is 0.279 e. The molecule has 8 heteroatoms. The van der Waals surface area contributed by atoms with Gasteiger partial charge in [0.2, 0.25) is 5.91 Å². The van der Waals surface area contributed by atoms with Gasteiger partial charge in [0.15, 0.2) is 6.61 Å². The molecule has 3 amide bonds. The van der Waals surface area contributed by atoms with Gasteiger partial charge in [0, 0.05) is 22.5 Å². The molecule has 0 atom stereocenters. The Morgan fingerprint density at radius 3 is 2.70 bits per heavy atom. The van der Waals surface area contributed by atoms with Crippen molar-refractivity contribution in [2.75, 3.05) is 11.9 Å². The maximum atomic E-state index is 12.3. The van der Waals surface area contributed by atoms with Crippen LogP contribution in [-0.4, -0.2) is 24.3 Å². The van der Waals surface area contributed by atoms with Gasteiger partial charge in [-0.15, -0.1) is 11.3 Å². The third-order valence-electron chi connectivity index (χ3n) is 5.21. The van der Waals surface area contributed by atoms with E-state index in [4.69, 9.17) is 4.74 Å². The number of thiophene rings is 1. The van der Waals surface area contributed by atoms with Crippen LogP contribution in [0.4, 0.5) is 5.69 Å². The van der Waals surface area contributed by atoms with Crippen LogP contribution in [0.1, 0.15) is 52.2 Å². The number of nitrogens with one attached hydrogen (secondary N) is 3. The Kier molecular flexibility index (Phi) is 6.32. The van der Waals surface area contributed by atoms with Gasteiger partial charge in [-0.2, -0.15) is 0 Å². The van der Waals surface area contributed by atoms with Gasteiger partial charge in [0.1, 0.15) is 5.75 Å². The second kappa shape index (κ2) is 9.30. The molecular weight excluding hydrogens is 402 g/mol. The molecule has 4 rings (SSSR count). The first-order chi connectivity index (χ1) is 14.6. The molecule has 2 aliphatic carbocycles. The Hall–Kier alpha value is -2.87. The average Bonchev–Trinajstić information content (AvgIpc) is 3.55.